The zero-order chi connectivity index (χ0) is 41.9. The number of urea groups is 1. The smallest absolute Gasteiger partial charge is 0.271 e. The molecule has 0 radical (unpaired) electrons. The van der Waals surface area contributed by atoms with E-state index < -0.39 is 11.6 Å². The minimum atomic E-state index is -0.805. The Labute approximate surface area is 360 Å². The fraction of sp³-hybridized carbons (Fsp3) is 0.388. The maximum atomic E-state index is 11.2. The first-order valence-corrected chi connectivity index (χ1v) is 21.5. The van der Waals surface area contributed by atoms with Crippen LogP contribution in [0.3, 0.4) is 0 Å². The topological polar surface area (TPSA) is 40.6 Å². The van der Waals surface area contributed by atoms with Crippen molar-refractivity contribution in [1.82, 2.24) is 7.85 Å². The number of benzene rings is 6. The molecule has 6 aromatic carbocycles. The van der Waals surface area contributed by atoms with Crippen LogP contribution in [0.15, 0.2) is 95.5 Å². The van der Waals surface area contributed by atoms with E-state index in [-0.39, 0.29) is 27.6 Å². The van der Waals surface area contributed by atoms with Gasteiger partial charge in [-0.25, -0.2) is 8.72 Å². The Morgan fingerprint density at radius 3 is 1.04 bits per heavy atom. The molecule has 7 heteroatoms. The Balaban J connectivity index is 0.000000171. The average molecular weight is 946 g/mol. The fourth-order valence-electron chi connectivity index (χ4n) is 6.65. The molecular weight excluding hydrogens is 888 g/mol. The highest BCUT2D eigenvalue weighted by Gasteiger charge is 2.50. The lowest BCUT2D eigenvalue weighted by Gasteiger charge is -2.21. The van der Waals surface area contributed by atoms with Crippen molar-refractivity contribution >= 4 is 103 Å². The molecule has 3 amide bonds. The Hall–Kier alpha value is -3.26. The van der Waals surface area contributed by atoms with E-state index in [0.717, 1.165) is 3.93 Å². The van der Waals surface area contributed by atoms with Gasteiger partial charge < -0.3 is 0 Å². The quantitative estimate of drug-likeness (QED) is 0.0865. The average Bonchev–Trinajstić information content (AvgIpc) is 3.23. The van der Waals surface area contributed by atoms with E-state index in [9.17, 15) is 9.59 Å². The first-order chi connectivity index (χ1) is 25.6. The van der Waals surface area contributed by atoms with Crippen LogP contribution < -0.4 is 0 Å². The van der Waals surface area contributed by atoms with Crippen molar-refractivity contribution in [2.75, 3.05) is 0 Å². The Bertz CT molecular complexity index is 2330. The van der Waals surface area contributed by atoms with Gasteiger partial charge in [-0.3, -0.25) is 4.79 Å². The van der Waals surface area contributed by atoms with Gasteiger partial charge >= 0.3 is 6.03 Å². The molecule has 1 fully saturated rings. The number of nitrogens with zero attached hydrogens (tertiary/aromatic N) is 2. The second kappa shape index (κ2) is 15.5. The van der Waals surface area contributed by atoms with E-state index in [1.807, 2.05) is 0 Å². The lowest BCUT2D eigenvalue weighted by atomic mass is 9.84. The number of rotatable bonds is 0. The molecule has 1 aliphatic heterocycles. The van der Waals surface area contributed by atoms with Gasteiger partial charge in [0.05, 0.1) is 32.3 Å². The molecule has 0 aromatic heterocycles. The number of imide groups is 1. The van der Waals surface area contributed by atoms with Crippen LogP contribution in [0.5, 0.6) is 0 Å². The Morgan fingerprint density at radius 2 is 0.750 bits per heavy atom. The monoisotopic (exact) mass is 942 g/mol. The molecule has 296 valence electrons. The van der Waals surface area contributed by atoms with Crippen LogP contribution in [0.4, 0.5) is 4.79 Å². The van der Waals surface area contributed by atoms with Gasteiger partial charge in [-0.15, -0.1) is 0 Å². The van der Waals surface area contributed by atoms with E-state index in [1.54, 1.807) is 13.8 Å². The van der Waals surface area contributed by atoms with Crippen molar-refractivity contribution in [2.45, 2.75) is 124 Å². The zero-order valence-electron chi connectivity index (χ0n) is 35.5. The van der Waals surface area contributed by atoms with Gasteiger partial charge in [-0.1, -0.05) is 144 Å². The number of amides is 3. The van der Waals surface area contributed by atoms with E-state index in [0.29, 0.717) is 0 Å². The molecule has 1 saturated heterocycles. The minimum absolute atomic E-state index is 0.163. The van der Waals surface area contributed by atoms with E-state index in [1.165, 1.54) is 73.7 Å². The summed E-state index contributed by atoms with van der Waals surface area (Å²) in [4.78, 5) is 22.3. The van der Waals surface area contributed by atoms with E-state index in [2.05, 4.69) is 222 Å². The maximum absolute atomic E-state index is 11.2. The lowest BCUT2D eigenvalue weighted by Crippen LogP contribution is -2.37. The molecular formula is C49H57Br3N2O2. The van der Waals surface area contributed by atoms with Crippen LogP contribution in [0.25, 0.3) is 43.1 Å². The number of hydrogen-bond acceptors (Lipinski definition) is 2. The van der Waals surface area contributed by atoms with Crippen LogP contribution >= 0.6 is 48.2 Å². The van der Waals surface area contributed by atoms with Crippen LogP contribution in [0, 0.1) is 0 Å². The molecule has 0 unspecified atom stereocenters. The number of carbonyl (C=O) groups is 2. The molecule has 0 atom stereocenters. The third kappa shape index (κ3) is 9.21. The van der Waals surface area contributed by atoms with Gasteiger partial charge in [0.15, 0.2) is 0 Å². The Morgan fingerprint density at radius 1 is 0.446 bits per heavy atom. The second-order valence-electron chi connectivity index (χ2n) is 19.7. The normalized spacial score (nSPS) is 15.0. The SMILES string of the molecule is CC(C)(C)c1ccc2cc3ccc(C(C)(C)C)cc3c(Br)c2c1.CC(C)(C)c1ccc2cc3ccc(C(C)(C)C)cc3cc2c1.CC1(C)C(=O)N(Br)C(=O)N1Br. The molecule has 0 aliphatic carbocycles. The van der Waals surface area contributed by atoms with Crippen molar-refractivity contribution in [3.05, 3.63) is 118 Å². The first-order valence-electron chi connectivity index (χ1n) is 19.3. The molecule has 7 rings (SSSR count). The molecule has 0 saturated carbocycles. The summed E-state index contributed by atoms with van der Waals surface area (Å²) in [5, 5.41) is 10.5. The third-order valence-electron chi connectivity index (χ3n) is 10.7. The standard InChI is InChI=1S/C22H25Br.C22H26.C5H6Br2N2O2/c1-21(2,3)16-9-7-14-11-15-8-10-17(22(4,5)6)13-19(15)20(23)18(14)12-16;1-21(2,3)19-9-7-15-11-16-8-10-20(22(4,5)6)14-18(16)12-17(15)13-19;1-5(2)3(10)8(6)4(11)9(5)7/h7-13H,1-6H3;7-14H,1-6H3;1-2H3. The summed E-state index contributed by atoms with van der Waals surface area (Å²) in [6, 6.07) is 34.0. The highest BCUT2D eigenvalue weighted by Crippen LogP contribution is 2.38. The molecule has 1 aliphatic rings. The summed E-state index contributed by atoms with van der Waals surface area (Å²) in [5.74, 6) is -0.278. The predicted octanol–water partition coefficient (Wildman–Crippen LogP) is 15.6. The number of hydrogen-bond donors (Lipinski definition) is 0. The fourth-order valence-corrected chi connectivity index (χ4v) is 8.45. The molecule has 4 nitrogen and oxygen atoms in total. The minimum Gasteiger partial charge on any atom is -0.271 e. The second-order valence-corrected chi connectivity index (χ2v) is 22.0. The van der Waals surface area contributed by atoms with Gasteiger partial charge in [0.25, 0.3) is 5.91 Å². The largest absolute Gasteiger partial charge is 0.348 e. The van der Waals surface area contributed by atoms with Gasteiger partial charge in [-0.2, -0.15) is 3.93 Å². The molecule has 0 N–H and O–H groups in total. The highest BCUT2D eigenvalue weighted by molar-refractivity contribution is 9.11. The maximum Gasteiger partial charge on any atom is 0.348 e. The summed E-state index contributed by atoms with van der Waals surface area (Å²) in [5.41, 5.74) is 5.44. The Kier molecular flexibility index (Phi) is 12.1. The predicted molar refractivity (Wildman–Crippen MR) is 251 cm³/mol. The molecule has 1 heterocycles. The lowest BCUT2D eigenvalue weighted by molar-refractivity contribution is -0.127. The van der Waals surface area contributed by atoms with Gasteiger partial charge in [0.2, 0.25) is 0 Å². The molecule has 0 bridgehead atoms. The summed E-state index contributed by atoms with van der Waals surface area (Å²) in [6.45, 7) is 30.5. The van der Waals surface area contributed by atoms with Crippen LogP contribution in [0.2, 0.25) is 0 Å². The summed E-state index contributed by atoms with van der Waals surface area (Å²) < 4.78 is 3.32. The summed E-state index contributed by atoms with van der Waals surface area (Å²) in [6.07, 6.45) is 0. The van der Waals surface area contributed by atoms with Crippen LogP contribution in [0.1, 0.15) is 119 Å². The number of halogens is 3. The van der Waals surface area contributed by atoms with Crippen molar-refractivity contribution in [3.8, 4) is 0 Å². The summed E-state index contributed by atoms with van der Waals surface area (Å²) >= 11 is 9.73. The van der Waals surface area contributed by atoms with Crippen molar-refractivity contribution < 1.29 is 9.59 Å². The summed E-state index contributed by atoms with van der Waals surface area (Å²) in [7, 11) is 0. The van der Waals surface area contributed by atoms with E-state index in [4.69, 9.17) is 0 Å². The molecule has 6 aromatic rings. The molecule has 56 heavy (non-hydrogen) atoms. The molecule has 0 spiro atoms. The van der Waals surface area contributed by atoms with Crippen molar-refractivity contribution in [1.29, 1.82) is 0 Å². The van der Waals surface area contributed by atoms with Crippen LogP contribution in [-0.4, -0.2) is 25.3 Å². The van der Waals surface area contributed by atoms with Crippen molar-refractivity contribution in [3.63, 3.8) is 0 Å². The highest BCUT2D eigenvalue weighted by atomic mass is 79.9. The van der Waals surface area contributed by atoms with Crippen molar-refractivity contribution in [2.24, 2.45) is 0 Å². The zero-order valence-corrected chi connectivity index (χ0v) is 40.3. The van der Waals surface area contributed by atoms with E-state index >= 15 is 0 Å². The van der Waals surface area contributed by atoms with Gasteiger partial charge in [0, 0.05) is 4.47 Å². The van der Waals surface area contributed by atoms with Crippen LogP contribution in [-0.2, 0) is 26.5 Å². The number of carbonyl (C=O) groups excluding carboxylic acids is 2. The first kappa shape index (κ1) is 43.9. The van der Waals surface area contributed by atoms with Gasteiger partial charge in [0.1, 0.15) is 5.54 Å². The van der Waals surface area contributed by atoms with Gasteiger partial charge in [-0.05, 0) is 147 Å². The number of fused-ring (bicyclic) bond motifs is 4. The third-order valence-corrected chi connectivity index (χ3v) is 13.3.